The number of sulfone groups is 1. The number of benzene rings is 1. The maximum atomic E-state index is 12.0. The van der Waals surface area contributed by atoms with Crippen LogP contribution in [0.2, 0.25) is 0 Å². The molecular formula is C15H18N2O5S2. The smallest absolute Gasteiger partial charge is 0.265 e. The van der Waals surface area contributed by atoms with Crippen molar-refractivity contribution in [2.45, 2.75) is 24.7 Å². The van der Waals surface area contributed by atoms with Crippen LogP contribution in [0.3, 0.4) is 0 Å². The van der Waals surface area contributed by atoms with E-state index in [1.54, 1.807) is 25.1 Å². The highest BCUT2D eigenvalue weighted by molar-refractivity contribution is 8.02. The molecule has 1 saturated heterocycles. The Morgan fingerprint density at radius 3 is 2.96 bits per heavy atom. The molecule has 0 saturated carbocycles. The second-order valence-corrected chi connectivity index (χ2v) is 9.36. The van der Waals surface area contributed by atoms with Gasteiger partial charge in [-0.2, -0.15) is 0 Å². The molecule has 9 heteroatoms. The fraction of sp³-hybridized carbons (Fsp3) is 0.467. The maximum absolute atomic E-state index is 12.0. The van der Waals surface area contributed by atoms with Gasteiger partial charge >= 0.3 is 0 Å². The normalized spacial score (nSPS) is 24.6. The molecule has 2 atom stereocenters. The van der Waals surface area contributed by atoms with E-state index in [0.717, 1.165) is 0 Å². The third-order valence-electron chi connectivity index (χ3n) is 3.83. The van der Waals surface area contributed by atoms with E-state index in [4.69, 9.17) is 4.74 Å². The summed E-state index contributed by atoms with van der Waals surface area (Å²) < 4.78 is 28.3. The SMILES string of the molecule is C[C@@H]1Oc2ccc(NC(=O)CS[C@@H]3CCS(=O)(=O)C3)cc2NC1=O. The molecule has 0 aliphatic carbocycles. The van der Waals surface area contributed by atoms with Gasteiger partial charge in [-0.1, -0.05) is 0 Å². The Balaban J connectivity index is 1.55. The molecule has 2 aliphatic heterocycles. The Bertz CT molecular complexity index is 778. The number of nitrogens with one attached hydrogen (secondary N) is 2. The van der Waals surface area contributed by atoms with Gasteiger partial charge in [-0.15, -0.1) is 11.8 Å². The van der Waals surface area contributed by atoms with Crippen LogP contribution in [0.4, 0.5) is 11.4 Å². The topological polar surface area (TPSA) is 102 Å². The van der Waals surface area contributed by atoms with Crippen LogP contribution in [0.25, 0.3) is 0 Å². The molecular weight excluding hydrogens is 352 g/mol. The number of ether oxygens (including phenoxy) is 1. The van der Waals surface area contributed by atoms with Crippen molar-refractivity contribution in [3.8, 4) is 5.75 Å². The van der Waals surface area contributed by atoms with Gasteiger partial charge in [0, 0.05) is 10.9 Å². The summed E-state index contributed by atoms with van der Waals surface area (Å²) in [4.78, 5) is 23.6. The van der Waals surface area contributed by atoms with Crippen molar-refractivity contribution in [1.82, 2.24) is 0 Å². The zero-order valence-electron chi connectivity index (χ0n) is 13.1. The summed E-state index contributed by atoms with van der Waals surface area (Å²) >= 11 is 1.36. The van der Waals surface area contributed by atoms with Crippen molar-refractivity contribution in [1.29, 1.82) is 0 Å². The van der Waals surface area contributed by atoms with Gasteiger partial charge in [0.15, 0.2) is 15.9 Å². The molecule has 1 aromatic carbocycles. The largest absolute Gasteiger partial charge is 0.479 e. The zero-order chi connectivity index (χ0) is 17.3. The molecule has 130 valence electrons. The standard InChI is InChI=1S/C15H18N2O5S2/c1-9-15(19)17-12-6-10(2-3-13(12)22-9)16-14(18)7-23-11-4-5-24(20,21)8-11/h2-3,6,9,11H,4-5,7-8H2,1H3,(H,16,18)(H,17,19)/t9-,11+/m0/s1. The fourth-order valence-corrected chi connectivity index (χ4v) is 6.01. The number of carbonyl (C=O) groups is 2. The van der Waals surface area contributed by atoms with Crippen molar-refractivity contribution >= 4 is 44.8 Å². The summed E-state index contributed by atoms with van der Waals surface area (Å²) in [7, 11) is -2.93. The number of anilines is 2. The number of amides is 2. The van der Waals surface area contributed by atoms with Crippen LogP contribution in [-0.4, -0.2) is 48.8 Å². The van der Waals surface area contributed by atoms with Gasteiger partial charge in [0.05, 0.1) is 22.9 Å². The van der Waals surface area contributed by atoms with Crippen LogP contribution >= 0.6 is 11.8 Å². The molecule has 24 heavy (non-hydrogen) atoms. The van der Waals surface area contributed by atoms with E-state index in [0.29, 0.717) is 23.5 Å². The highest BCUT2D eigenvalue weighted by atomic mass is 32.2. The molecule has 3 rings (SSSR count). The summed E-state index contributed by atoms with van der Waals surface area (Å²) in [5.41, 5.74) is 1.07. The first kappa shape index (κ1) is 17.1. The fourth-order valence-electron chi connectivity index (χ4n) is 2.57. The number of hydrogen-bond donors (Lipinski definition) is 2. The van der Waals surface area contributed by atoms with Crippen LogP contribution in [0.1, 0.15) is 13.3 Å². The first-order chi connectivity index (χ1) is 11.3. The van der Waals surface area contributed by atoms with E-state index >= 15 is 0 Å². The highest BCUT2D eigenvalue weighted by Gasteiger charge is 2.28. The molecule has 7 nitrogen and oxygen atoms in total. The van der Waals surface area contributed by atoms with E-state index < -0.39 is 15.9 Å². The third kappa shape index (κ3) is 4.02. The second kappa shape index (κ2) is 6.64. The lowest BCUT2D eigenvalue weighted by Crippen LogP contribution is -2.34. The number of hydrogen-bond acceptors (Lipinski definition) is 6. The Hall–Kier alpha value is -1.74. The lowest BCUT2D eigenvalue weighted by molar-refractivity contribution is -0.122. The molecule has 0 spiro atoms. The predicted molar refractivity (Wildman–Crippen MR) is 93.3 cm³/mol. The Labute approximate surface area is 144 Å². The summed E-state index contributed by atoms with van der Waals surface area (Å²) in [5, 5.41) is 5.45. The molecule has 0 bridgehead atoms. The summed E-state index contributed by atoms with van der Waals surface area (Å²) in [6, 6.07) is 5.03. The van der Waals surface area contributed by atoms with E-state index in [9.17, 15) is 18.0 Å². The lowest BCUT2D eigenvalue weighted by atomic mass is 10.2. The Morgan fingerprint density at radius 2 is 2.25 bits per heavy atom. The van der Waals surface area contributed by atoms with Gasteiger partial charge in [0.25, 0.3) is 5.91 Å². The van der Waals surface area contributed by atoms with Crippen molar-refractivity contribution in [3.05, 3.63) is 18.2 Å². The minimum Gasteiger partial charge on any atom is -0.479 e. The number of carbonyl (C=O) groups excluding carboxylic acids is 2. The molecule has 2 N–H and O–H groups in total. The maximum Gasteiger partial charge on any atom is 0.265 e. The molecule has 0 unspecified atom stereocenters. The quantitative estimate of drug-likeness (QED) is 0.827. The van der Waals surface area contributed by atoms with E-state index in [-0.39, 0.29) is 34.3 Å². The minimum absolute atomic E-state index is 0.0153. The minimum atomic E-state index is -2.93. The van der Waals surface area contributed by atoms with Gasteiger partial charge in [0.1, 0.15) is 5.75 Å². The molecule has 0 radical (unpaired) electrons. The van der Waals surface area contributed by atoms with Crippen molar-refractivity contribution in [2.24, 2.45) is 0 Å². The first-order valence-electron chi connectivity index (χ1n) is 7.56. The van der Waals surface area contributed by atoms with Crippen molar-refractivity contribution in [3.63, 3.8) is 0 Å². The van der Waals surface area contributed by atoms with Crippen LogP contribution < -0.4 is 15.4 Å². The molecule has 2 heterocycles. The molecule has 1 aromatic rings. The van der Waals surface area contributed by atoms with Crippen LogP contribution in [0.15, 0.2) is 18.2 Å². The first-order valence-corrected chi connectivity index (χ1v) is 10.4. The predicted octanol–water partition coefficient (Wildman–Crippen LogP) is 1.26. The number of rotatable bonds is 4. The van der Waals surface area contributed by atoms with Gasteiger partial charge in [-0.05, 0) is 31.5 Å². The van der Waals surface area contributed by atoms with Crippen LogP contribution in [-0.2, 0) is 19.4 Å². The van der Waals surface area contributed by atoms with E-state index in [1.807, 2.05) is 0 Å². The van der Waals surface area contributed by atoms with Crippen LogP contribution in [0.5, 0.6) is 5.75 Å². The molecule has 2 aliphatic rings. The van der Waals surface area contributed by atoms with Gasteiger partial charge in [-0.25, -0.2) is 8.42 Å². The van der Waals surface area contributed by atoms with Crippen LogP contribution in [0, 0.1) is 0 Å². The van der Waals surface area contributed by atoms with Gasteiger partial charge < -0.3 is 15.4 Å². The van der Waals surface area contributed by atoms with Crippen molar-refractivity contribution in [2.75, 3.05) is 27.9 Å². The second-order valence-electron chi connectivity index (χ2n) is 5.84. The van der Waals surface area contributed by atoms with E-state index in [1.165, 1.54) is 11.8 Å². The zero-order valence-corrected chi connectivity index (χ0v) is 14.7. The number of fused-ring (bicyclic) bond motifs is 1. The average molecular weight is 370 g/mol. The average Bonchev–Trinajstić information content (AvgIpc) is 2.86. The van der Waals surface area contributed by atoms with Gasteiger partial charge in [-0.3, -0.25) is 9.59 Å². The summed E-state index contributed by atoms with van der Waals surface area (Å²) in [6.45, 7) is 1.66. The monoisotopic (exact) mass is 370 g/mol. The lowest BCUT2D eigenvalue weighted by Gasteiger charge is -2.23. The molecule has 0 aromatic heterocycles. The van der Waals surface area contributed by atoms with Crippen molar-refractivity contribution < 1.29 is 22.7 Å². The Morgan fingerprint density at radius 1 is 1.46 bits per heavy atom. The molecule has 2 amide bonds. The molecule has 1 fully saturated rings. The highest BCUT2D eigenvalue weighted by Crippen LogP contribution is 2.32. The van der Waals surface area contributed by atoms with Gasteiger partial charge in [0.2, 0.25) is 5.91 Å². The third-order valence-corrected chi connectivity index (χ3v) is 7.12. The summed E-state index contributed by atoms with van der Waals surface area (Å²) in [6.07, 6.45) is 0.0535. The van der Waals surface area contributed by atoms with E-state index in [2.05, 4.69) is 10.6 Å². The number of thioether (sulfide) groups is 1. The summed E-state index contributed by atoms with van der Waals surface area (Å²) in [5.74, 6) is 0.660. The Kier molecular flexibility index (Phi) is 4.73.